The second-order valence-corrected chi connectivity index (χ2v) is 7.75. The van der Waals surface area contributed by atoms with Crippen LogP contribution in [-0.2, 0) is 9.53 Å². The van der Waals surface area contributed by atoms with E-state index in [2.05, 4.69) is 27.7 Å². The number of rotatable bonds is 5. The van der Waals surface area contributed by atoms with Crippen molar-refractivity contribution >= 4 is 42.1 Å². The molecule has 0 aliphatic carbocycles. The van der Waals surface area contributed by atoms with Crippen molar-refractivity contribution in [3.8, 4) is 0 Å². The van der Waals surface area contributed by atoms with E-state index in [1.165, 1.54) is 4.88 Å². The van der Waals surface area contributed by atoms with Gasteiger partial charge in [0.25, 0.3) is 0 Å². The quantitative estimate of drug-likeness (QED) is 0.800. The van der Waals surface area contributed by atoms with E-state index in [0.717, 1.165) is 26.3 Å². The van der Waals surface area contributed by atoms with Gasteiger partial charge in [0.15, 0.2) is 0 Å². The van der Waals surface area contributed by atoms with Crippen LogP contribution in [0.4, 0.5) is 0 Å². The Kier molecular flexibility index (Phi) is 10.4. The minimum Gasteiger partial charge on any atom is -0.379 e. The Morgan fingerprint density at radius 1 is 1.38 bits per heavy atom. The van der Waals surface area contributed by atoms with E-state index in [1.54, 1.807) is 11.3 Å². The summed E-state index contributed by atoms with van der Waals surface area (Å²) in [4.78, 5) is 15.9. The molecule has 140 valence electrons. The lowest BCUT2D eigenvalue weighted by Gasteiger charge is -2.34. The van der Waals surface area contributed by atoms with Gasteiger partial charge in [0.2, 0.25) is 5.91 Å². The SMILES string of the molecule is CC(C)(C)[C@H](N)C(=O)NCC(c1cccs1)N1CCOCC1.Cl.Cl. The van der Waals surface area contributed by atoms with Gasteiger partial charge in [-0.1, -0.05) is 26.8 Å². The minimum atomic E-state index is -0.499. The molecule has 2 atom stereocenters. The maximum Gasteiger partial charge on any atom is 0.237 e. The summed E-state index contributed by atoms with van der Waals surface area (Å²) in [6.07, 6.45) is 0. The highest BCUT2D eigenvalue weighted by atomic mass is 35.5. The fraction of sp³-hybridized carbons (Fsp3) is 0.688. The van der Waals surface area contributed by atoms with Gasteiger partial charge < -0.3 is 15.8 Å². The smallest absolute Gasteiger partial charge is 0.237 e. The average Bonchev–Trinajstić information content (AvgIpc) is 3.00. The van der Waals surface area contributed by atoms with E-state index < -0.39 is 6.04 Å². The van der Waals surface area contributed by atoms with E-state index in [-0.39, 0.29) is 42.2 Å². The predicted octanol–water partition coefficient (Wildman–Crippen LogP) is 2.45. The average molecular weight is 398 g/mol. The van der Waals surface area contributed by atoms with Crippen LogP contribution in [0.2, 0.25) is 0 Å². The number of ether oxygens (including phenoxy) is 1. The Labute approximate surface area is 161 Å². The third kappa shape index (κ3) is 6.50. The molecule has 1 aromatic rings. The first kappa shape index (κ1) is 23.6. The van der Waals surface area contributed by atoms with Crippen LogP contribution >= 0.6 is 36.2 Å². The zero-order valence-corrected chi connectivity index (χ0v) is 16.9. The maximum absolute atomic E-state index is 12.3. The van der Waals surface area contributed by atoms with Gasteiger partial charge in [0.1, 0.15) is 0 Å². The first-order valence-corrected chi connectivity index (χ1v) is 8.66. The Hall–Kier alpha value is -0.370. The number of hydrogen-bond acceptors (Lipinski definition) is 5. The summed E-state index contributed by atoms with van der Waals surface area (Å²) in [5.41, 5.74) is 5.80. The zero-order chi connectivity index (χ0) is 16.2. The fourth-order valence-electron chi connectivity index (χ4n) is 2.48. The molecule has 2 rings (SSSR count). The van der Waals surface area contributed by atoms with Crippen LogP contribution < -0.4 is 11.1 Å². The molecule has 1 amide bonds. The summed E-state index contributed by atoms with van der Waals surface area (Å²) in [5.74, 6) is -0.0812. The molecule has 0 aromatic carbocycles. The summed E-state index contributed by atoms with van der Waals surface area (Å²) in [7, 11) is 0. The molecule has 0 saturated carbocycles. The van der Waals surface area contributed by atoms with Crippen molar-refractivity contribution in [1.82, 2.24) is 10.2 Å². The second-order valence-electron chi connectivity index (χ2n) is 6.77. The number of nitrogens with zero attached hydrogens (tertiary/aromatic N) is 1. The van der Waals surface area contributed by atoms with Gasteiger partial charge in [0.05, 0.1) is 25.3 Å². The summed E-state index contributed by atoms with van der Waals surface area (Å²) >= 11 is 1.73. The molecule has 1 aromatic heterocycles. The molecule has 0 bridgehead atoms. The molecule has 24 heavy (non-hydrogen) atoms. The van der Waals surface area contributed by atoms with Crippen LogP contribution in [0.1, 0.15) is 31.7 Å². The summed E-state index contributed by atoms with van der Waals surface area (Å²) in [6, 6.07) is 3.87. The van der Waals surface area contributed by atoms with Gasteiger partial charge in [0, 0.05) is 24.5 Å². The third-order valence-electron chi connectivity index (χ3n) is 4.04. The summed E-state index contributed by atoms with van der Waals surface area (Å²) in [6.45, 7) is 9.81. The summed E-state index contributed by atoms with van der Waals surface area (Å²) in [5, 5.41) is 5.11. The first-order valence-electron chi connectivity index (χ1n) is 7.78. The van der Waals surface area contributed by atoms with E-state index in [4.69, 9.17) is 10.5 Å². The number of thiophene rings is 1. The molecule has 8 heteroatoms. The van der Waals surface area contributed by atoms with Crippen molar-refractivity contribution in [2.75, 3.05) is 32.8 Å². The van der Waals surface area contributed by atoms with Gasteiger partial charge in [-0.25, -0.2) is 0 Å². The molecule has 1 aliphatic rings. The topological polar surface area (TPSA) is 67.6 Å². The molecule has 0 spiro atoms. The number of hydrogen-bond donors (Lipinski definition) is 2. The molecule has 2 heterocycles. The lowest BCUT2D eigenvalue weighted by Crippen LogP contribution is -2.51. The number of nitrogens with one attached hydrogen (secondary N) is 1. The molecule has 5 nitrogen and oxygen atoms in total. The van der Waals surface area contributed by atoms with Crippen molar-refractivity contribution in [3.63, 3.8) is 0 Å². The molecule has 1 aliphatic heterocycles. The highest BCUT2D eigenvalue weighted by Gasteiger charge is 2.29. The predicted molar refractivity (Wildman–Crippen MR) is 104 cm³/mol. The highest BCUT2D eigenvalue weighted by Crippen LogP contribution is 2.25. The molecule has 0 radical (unpaired) electrons. The number of morpholine rings is 1. The minimum absolute atomic E-state index is 0. The van der Waals surface area contributed by atoms with Gasteiger partial charge in [-0.3, -0.25) is 9.69 Å². The van der Waals surface area contributed by atoms with E-state index in [9.17, 15) is 4.79 Å². The molecular weight excluding hydrogens is 369 g/mol. The Morgan fingerprint density at radius 2 is 2.00 bits per heavy atom. The van der Waals surface area contributed by atoms with Crippen molar-refractivity contribution < 1.29 is 9.53 Å². The highest BCUT2D eigenvalue weighted by molar-refractivity contribution is 7.10. The van der Waals surface area contributed by atoms with Crippen LogP contribution in [0, 0.1) is 5.41 Å². The second kappa shape index (κ2) is 10.6. The first-order chi connectivity index (χ1) is 10.4. The molecular formula is C16H29Cl2N3O2S. The van der Waals surface area contributed by atoms with Gasteiger partial charge in [-0.05, 0) is 16.9 Å². The Bertz CT molecular complexity index is 474. The van der Waals surface area contributed by atoms with Crippen LogP contribution in [0.5, 0.6) is 0 Å². The Morgan fingerprint density at radius 3 is 2.50 bits per heavy atom. The lowest BCUT2D eigenvalue weighted by atomic mass is 9.87. The number of amides is 1. The van der Waals surface area contributed by atoms with Crippen LogP contribution in [0.3, 0.4) is 0 Å². The fourth-order valence-corrected chi connectivity index (χ4v) is 3.34. The molecule has 3 N–H and O–H groups in total. The van der Waals surface area contributed by atoms with Crippen molar-refractivity contribution in [1.29, 1.82) is 0 Å². The van der Waals surface area contributed by atoms with Crippen molar-refractivity contribution in [2.45, 2.75) is 32.9 Å². The number of carbonyl (C=O) groups is 1. The monoisotopic (exact) mass is 397 g/mol. The normalized spacial score (nSPS) is 18.0. The molecule has 1 saturated heterocycles. The number of nitrogens with two attached hydrogens (primary N) is 1. The largest absolute Gasteiger partial charge is 0.379 e. The van der Waals surface area contributed by atoms with Gasteiger partial charge in [-0.2, -0.15) is 0 Å². The van der Waals surface area contributed by atoms with E-state index in [0.29, 0.717) is 6.54 Å². The van der Waals surface area contributed by atoms with Crippen molar-refractivity contribution in [3.05, 3.63) is 22.4 Å². The maximum atomic E-state index is 12.3. The number of carbonyl (C=O) groups excluding carboxylic acids is 1. The molecule has 1 fully saturated rings. The lowest BCUT2D eigenvalue weighted by molar-refractivity contribution is -0.124. The van der Waals surface area contributed by atoms with Gasteiger partial charge >= 0.3 is 0 Å². The van der Waals surface area contributed by atoms with Gasteiger partial charge in [-0.15, -0.1) is 36.2 Å². The van der Waals surface area contributed by atoms with Crippen LogP contribution in [-0.4, -0.2) is 49.7 Å². The third-order valence-corrected chi connectivity index (χ3v) is 5.02. The Balaban J connectivity index is 0.00000264. The van der Waals surface area contributed by atoms with Crippen LogP contribution in [0.25, 0.3) is 0 Å². The van der Waals surface area contributed by atoms with Crippen molar-refractivity contribution in [2.24, 2.45) is 11.1 Å². The van der Waals surface area contributed by atoms with Crippen LogP contribution in [0.15, 0.2) is 17.5 Å². The number of halogens is 2. The van der Waals surface area contributed by atoms with E-state index in [1.807, 2.05) is 20.8 Å². The standard InChI is InChI=1S/C16H27N3O2S.2ClH/c1-16(2,3)14(17)15(20)18-11-12(13-5-4-10-22-13)19-6-8-21-9-7-19;;/h4-5,10,12,14H,6-9,11,17H2,1-3H3,(H,18,20);2*1H/t12?,14-;;/m1../s1. The summed E-state index contributed by atoms with van der Waals surface area (Å²) < 4.78 is 5.43. The molecule has 1 unspecified atom stereocenters. The van der Waals surface area contributed by atoms with E-state index >= 15 is 0 Å². The zero-order valence-electron chi connectivity index (χ0n) is 14.5.